The van der Waals surface area contributed by atoms with E-state index in [4.69, 9.17) is 10.5 Å². The number of nitrogens with one attached hydrogen (secondary N) is 1. The third-order valence-corrected chi connectivity index (χ3v) is 2.41. The van der Waals surface area contributed by atoms with Crippen molar-refractivity contribution < 1.29 is 9.84 Å². The van der Waals surface area contributed by atoms with Crippen molar-refractivity contribution in [2.24, 2.45) is 0 Å². The first-order valence-corrected chi connectivity index (χ1v) is 4.79. The van der Waals surface area contributed by atoms with Gasteiger partial charge in [-0.05, 0) is 0 Å². The van der Waals surface area contributed by atoms with Gasteiger partial charge < -0.3 is 20.9 Å². The first-order chi connectivity index (χ1) is 7.20. The van der Waals surface area contributed by atoms with Crippen LogP contribution in [0.4, 0.5) is 11.5 Å². The van der Waals surface area contributed by atoms with Crippen molar-refractivity contribution in [2.45, 2.75) is 12.0 Å². The van der Waals surface area contributed by atoms with E-state index >= 15 is 0 Å². The zero-order valence-electron chi connectivity index (χ0n) is 8.31. The minimum atomic E-state index is -0.808. The summed E-state index contributed by atoms with van der Waals surface area (Å²) in [4.78, 5) is 7.75. The van der Waals surface area contributed by atoms with Crippen LogP contribution < -0.4 is 11.1 Å². The summed E-state index contributed by atoms with van der Waals surface area (Å²) in [5.74, 6) is 0.547. The van der Waals surface area contributed by atoms with E-state index in [-0.39, 0.29) is 0 Å². The Morgan fingerprint density at radius 2 is 2.53 bits per heavy atom. The third kappa shape index (κ3) is 2.34. The Morgan fingerprint density at radius 1 is 1.67 bits per heavy atom. The maximum absolute atomic E-state index is 9.97. The lowest BCUT2D eigenvalue weighted by atomic mass is 10.0. The molecule has 0 radical (unpaired) electrons. The van der Waals surface area contributed by atoms with Gasteiger partial charge in [0.15, 0.2) is 5.82 Å². The van der Waals surface area contributed by atoms with E-state index in [1.165, 1.54) is 12.5 Å². The van der Waals surface area contributed by atoms with Crippen LogP contribution in [-0.4, -0.2) is 40.4 Å². The molecule has 6 nitrogen and oxygen atoms in total. The Bertz CT molecular complexity index is 339. The summed E-state index contributed by atoms with van der Waals surface area (Å²) in [7, 11) is 0. The van der Waals surface area contributed by atoms with E-state index in [2.05, 4.69) is 15.3 Å². The first-order valence-electron chi connectivity index (χ1n) is 4.79. The molecule has 15 heavy (non-hydrogen) atoms. The van der Waals surface area contributed by atoms with Crippen molar-refractivity contribution in [1.82, 2.24) is 9.97 Å². The molecule has 1 saturated heterocycles. The van der Waals surface area contributed by atoms with Crippen LogP contribution in [0.15, 0.2) is 12.5 Å². The number of hydrogen-bond acceptors (Lipinski definition) is 6. The van der Waals surface area contributed by atoms with Crippen molar-refractivity contribution in [1.29, 1.82) is 0 Å². The molecule has 0 aromatic carbocycles. The van der Waals surface area contributed by atoms with E-state index < -0.39 is 5.60 Å². The summed E-state index contributed by atoms with van der Waals surface area (Å²) in [6.45, 7) is 1.33. The van der Waals surface area contributed by atoms with E-state index in [0.717, 1.165) is 0 Å². The van der Waals surface area contributed by atoms with Gasteiger partial charge in [0.25, 0.3) is 0 Å². The number of aliphatic hydroxyl groups is 1. The Balaban J connectivity index is 1.95. The second-order valence-corrected chi connectivity index (χ2v) is 3.71. The van der Waals surface area contributed by atoms with Gasteiger partial charge in [-0.1, -0.05) is 0 Å². The molecular formula is C9H14N4O2. The molecule has 2 heterocycles. The lowest BCUT2D eigenvalue weighted by Gasteiger charge is -2.21. The fraction of sp³-hybridized carbons (Fsp3) is 0.556. The highest BCUT2D eigenvalue weighted by atomic mass is 16.5. The van der Waals surface area contributed by atoms with Crippen LogP contribution in [0.1, 0.15) is 6.42 Å². The molecule has 0 saturated carbocycles. The molecule has 6 heteroatoms. The van der Waals surface area contributed by atoms with Gasteiger partial charge in [-0.15, -0.1) is 0 Å². The Labute approximate surface area is 87.5 Å². The van der Waals surface area contributed by atoms with Gasteiger partial charge in [0.2, 0.25) is 0 Å². The Hall–Kier alpha value is -1.40. The maximum atomic E-state index is 9.97. The lowest BCUT2D eigenvalue weighted by Crippen LogP contribution is -2.37. The normalized spacial score (nSPS) is 25.4. The monoisotopic (exact) mass is 210 g/mol. The minimum Gasteiger partial charge on any atom is -0.394 e. The zero-order chi connectivity index (χ0) is 10.7. The molecule has 1 aliphatic heterocycles. The molecule has 1 fully saturated rings. The van der Waals surface area contributed by atoms with Crippen molar-refractivity contribution in [3.8, 4) is 0 Å². The number of hydrogen-bond donors (Lipinski definition) is 3. The summed E-state index contributed by atoms with van der Waals surface area (Å²) in [5.41, 5.74) is 5.31. The SMILES string of the molecule is Nc1cncnc1NCC1(O)CCOC1. The number of nitrogens with two attached hydrogens (primary N) is 1. The zero-order valence-corrected chi connectivity index (χ0v) is 8.31. The van der Waals surface area contributed by atoms with E-state index in [1.54, 1.807) is 0 Å². The lowest BCUT2D eigenvalue weighted by molar-refractivity contribution is 0.0381. The number of ether oxygens (including phenoxy) is 1. The molecule has 2 rings (SSSR count). The standard InChI is InChI=1S/C9H14N4O2/c10-7-3-11-6-13-8(7)12-4-9(14)1-2-15-5-9/h3,6,14H,1-2,4-5,10H2,(H,11,12,13). The number of nitrogen functional groups attached to an aromatic ring is 1. The van der Waals surface area contributed by atoms with Crippen LogP contribution in [0.3, 0.4) is 0 Å². The van der Waals surface area contributed by atoms with Crippen LogP contribution in [0.25, 0.3) is 0 Å². The van der Waals surface area contributed by atoms with Gasteiger partial charge in [0, 0.05) is 19.6 Å². The van der Waals surface area contributed by atoms with Gasteiger partial charge in [0.05, 0.1) is 18.5 Å². The number of anilines is 2. The number of nitrogens with zero attached hydrogens (tertiary/aromatic N) is 2. The predicted molar refractivity (Wildman–Crippen MR) is 55.3 cm³/mol. The highest BCUT2D eigenvalue weighted by Gasteiger charge is 2.32. The Morgan fingerprint density at radius 3 is 3.20 bits per heavy atom. The fourth-order valence-electron chi connectivity index (χ4n) is 1.47. The predicted octanol–water partition coefficient (Wildman–Crippen LogP) is -0.378. The molecule has 1 unspecified atom stereocenters. The van der Waals surface area contributed by atoms with Crippen molar-refractivity contribution in [3.63, 3.8) is 0 Å². The largest absolute Gasteiger partial charge is 0.394 e. The average molecular weight is 210 g/mol. The van der Waals surface area contributed by atoms with Crippen molar-refractivity contribution in [3.05, 3.63) is 12.5 Å². The topological polar surface area (TPSA) is 93.3 Å². The van der Waals surface area contributed by atoms with Gasteiger partial charge >= 0.3 is 0 Å². The van der Waals surface area contributed by atoms with E-state index in [9.17, 15) is 5.11 Å². The van der Waals surface area contributed by atoms with Crippen LogP contribution >= 0.6 is 0 Å². The molecule has 0 spiro atoms. The van der Waals surface area contributed by atoms with Gasteiger partial charge in [-0.25, -0.2) is 9.97 Å². The summed E-state index contributed by atoms with van der Waals surface area (Å²) >= 11 is 0. The second-order valence-electron chi connectivity index (χ2n) is 3.71. The average Bonchev–Trinajstić information content (AvgIpc) is 2.65. The molecule has 1 aromatic rings. The summed E-state index contributed by atoms with van der Waals surface area (Å²) < 4.78 is 5.12. The first kappa shape index (κ1) is 10.1. The maximum Gasteiger partial charge on any atom is 0.152 e. The third-order valence-electron chi connectivity index (χ3n) is 2.41. The molecule has 1 aromatic heterocycles. The smallest absolute Gasteiger partial charge is 0.152 e. The summed E-state index contributed by atoms with van der Waals surface area (Å²) in [6.07, 6.45) is 3.56. The van der Waals surface area contributed by atoms with Gasteiger partial charge in [0.1, 0.15) is 11.9 Å². The highest BCUT2D eigenvalue weighted by Crippen LogP contribution is 2.20. The van der Waals surface area contributed by atoms with Crippen LogP contribution in [0.5, 0.6) is 0 Å². The minimum absolute atomic E-state index is 0.352. The van der Waals surface area contributed by atoms with Gasteiger partial charge in [-0.2, -0.15) is 0 Å². The van der Waals surface area contributed by atoms with Crippen LogP contribution in [0.2, 0.25) is 0 Å². The molecule has 82 valence electrons. The molecule has 4 N–H and O–H groups in total. The molecule has 1 aliphatic rings. The van der Waals surface area contributed by atoms with E-state index in [1.807, 2.05) is 0 Å². The van der Waals surface area contributed by atoms with E-state index in [0.29, 0.717) is 37.7 Å². The fourth-order valence-corrected chi connectivity index (χ4v) is 1.47. The summed E-state index contributed by atoms with van der Waals surface area (Å²) in [5, 5.41) is 13.0. The van der Waals surface area contributed by atoms with Gasteiger partial charge in [-0.3, -0.25) is 0 Å². The van der Waals surface area contributed by atoms with Crippen LogP contribution in [-0.2, 0) is 4.74 Å². The second kappa shape index (κ2) is 4.00. The molecule has 0 amide bonds. The van der Waals surface area contributed by atoms with Crippen molar-refractivity contribution in [2.75, 3.05) is 30.8 Å². The van der Waals surface area contributed by atoms with Crippen LogP contribution in [0, 0.1) is 0 Å². The Kier molecular flexibility index (Phi) is 2.70. The highest BCUT2D eigenvalue weighted by molar-refractivity contribution is 5.59. The molecule has 0 bridgehead atoms. The summed E-state index contributed by atoms with van der Waals surface area (Å²) in [6, 6.07) is 0. The molecule has 1 atom stereocenters. The van der Waals surface area contributed by atoms with Crippen molar-refractivity contribution >= 4 is 11.5 Å². The molecule has 0 aliphatic carbocycles. The number of rotatable bonds is 3. The number of aromatic nitrogens is 2. The quantitative estimate of drug-likeness (QED) is 0.630. The molecular weight excluding hydrogens is 196 g/mol.